The van der Waals surface area contributed by atoms with Crippen molar-refractivity contribution in [3.8, 4) is 22.3 Å². The van der Waals surface area contributed by atoms with Gasteiger partial charge in [-0.1, -0.05) is 129 Å². The van der Waals surface area contributed by atoms with Gasteiger partial charge in [-0.3, -0.25) is 0 Å². The van der Waals surface area contributed by atoms with Crippen LogP contribution in [0.25, 0.3) is 65.7 Å². The van der Waals surface area contributed by atoms with E-state index in [-0.39, 0.29) is 5.41 Å². The summed E-state index contributed by atoms with van der Waals surface area (Å²) in [5.41, 5.74) is 13.0. The third-order valence-corrected chi connectivity index (χ3v) is 10.6. The normalized spacial score (nSPS) is 13.3. The van der Waals surface area contributed by atoms with E-state index in [1.54, 1.807) is 0 Å². The van der Waals surface area contributed by atoms with E-state index in [2.05, 4.69) is 183 Å². The highest BCUT2D eigenvalue weighted by Crippen LogP contribution is 2.52. The zero-order chi connectivity index (χ0) is 32.7. The summed E-state index contributed by atoms with van der Waals surface area (Å²) < 4.78 is 6.50. The van der Waals surface area contributed by atoms with Crippen LogP contribution in [0.2, 0.25) is 0 Å². The second kappa shape index (κ2) is 10.4. The second-order valence-electron chi connectivity index (χ2n) is 13.8. The molecule has 8 aromatic carbocycles. The van der Waals surface area contributed by atoms with E-state index in [1.165, 1.54) is 49.5 Å². The molecule has 0 aliphatic heterocycles. The van der Waals surface area contributed by atoms with Gasteiger partial charge in [-0.15, -0.1) is 0 Å². The number of hydrogen-bond acceptors (Lipinski definition) is 2. The summed E-state index contributed by atoms with van der Waals surface area (Å²) in [6.45, 7) is 4.72. The SMILES string of the molecule is CC1(C)c2ccccc2-c2ccc3cc(N(c4ccc(-c5ccccc5)cc4)c4ccc5oc6c7ccccc7ccc6c5c4)ccc3c21. The van der Waals surface area contributed by atoms with E-state index in [0.29, 0.717) is 0 Å². The van der Waals surface area contributed by atoms with Gasteiger partial charge in [0.2, 0.25) is 0 Å². The van der Waals surface area contributed by atoms with Crippen molar-refractivity contribution in [2.45, 2.75) is 19.3 Å². The summed E-state index contributed by atoms with van der Waals surface area (Å²) in [6.07, 6.45) is 0. The van der Waals surface area contributed by atoms with Crippen molar-refractivity contribution in [3.63, 3.8) is 0 Å². The summed E-state index contributed by atoms with van der Waals surface area (Å²) in [5.74, 6) is 0. The molecule has 0 bridgehead atoms. The molecule has 0 N–H and O–H groups in total. The highest BCUT2D eigenvalue weighted by molar-refractivity contribution is 6.15. The number of benzene rings is 8. The third kappa shape index (κ3) is 4.20. The highest BCUT2D eigenvalue weighted by atomic mass is 16.3. The van der Waals surface area contributed by atoms with Crippen molar-refractivity contribution in [1.29, 1.82) is 0 Å². The molecule has 2 nitrogen and oxygen atoms in total. The highest BCUT2D eigenvalue weighted by Gasteiger charge is 2.36. The Bertz CT molecular complexity index is 2730. The van der Waals surface area contributed by atoms with E-state index in [0.717, 1.165) is 44.4 Å². The van der Waals surface area contributed by atoms with Gasteiger partial charge in [0.25, 0.3) is 0 Å². The van der Waals surface area contributed by atoms with E-state index in [9.17, 15) is 0 Å². The lowest BCUT2D eigenvalue weighted by atomic mass is 9.80. The predicted octanol–water partition coefficient (Wildman–Crippen LogP) is 13.3. The number of anilines is 3. The number of hydrogen-bond donors (Lipinski definition) is 0. The quantitative estimate of drug-likeness (QED) is 0.193. The third-order valence-electron chi connectivity index (χ3n) is 10.6. The number of rotatable bonds is 4. The van der Waals surface area contributed by atoms with Gasteiger partial charge in [0, 0.05) is 38.6 Å². The predicted molar refractivity (Wildman–Crippen MR) is 206 cm³/mol. The Kier molecular flexibility index (Phi) is 5.95. The Morgan fingerprint density at radius 1 is 0.449 bits per heavy atom. The van der Waals surface area contributed by atoms with Crippen molar-refractivity contribution >= 4 is 60.5 Å². The van der Waals surface area contributed by atoms with Crippen molar-refractivity contribution in [2.24, 2.45) is 0 Å². The van der Waals surface area contributed by atoms with Gasteiger partial charge in [0.05, 0.1) is 0 Å². The fourth-order valence-electron chi connectivity index (χ4n) is 8.26. The zero-order valence-electron chi connectivity index (χ0n) is 27.4. The summed E-state index contributed by atoms with van der Waals surface area (Å²) in [6, 6.07) is 59.4. The molecule has 1 aliphatic carbocycles. The first-order chi connectivity index (χ1) is 24.0. The average molecular weight is 628 g/mol. The molecule has 0 saturated carbocycles. The Labute approximate surface area is 285 Å². The minimum absolute atomic E-state index is 0.0720. The van der Waals surface area contributed by atoms with Gasteiger partial charge in [0.1, 0.15) is 11.2 Å². The van der Waals surface area contributed by atoms with Crippen LogP contribution >= 0.6 is 0 Å². The van der Waals surface area contributed by atoms with E-state index < -0.39 is 0 Å². The van der Waals surface area contributed by atoms with Gasteiger partial charge in [-0.05, 0) is 98.1 Å². The van der Waals surface area contributed by atoms with Gasteiger partial charge in [0.15, 0.2) is 0 Å². The first-order valence-electron chi connectivity index (χ1n) is 17.0. The lowest BCUT2D eigenvalue weighted by Crippen LogP contribution is -2.15. The Hall–Kier alpha value is -6.12. The molecular formula is C47H33NO. The standard InChI is InChI=1S/C47H33NO/c1-47(2)43-15-9-8-14-39(43)40-24-19-33-28-35(22-26-37(33)45(40)47)48(34-20-16-31(17-21-34)30-10-4-3-5-11-30)36-23-27-44-42(29-36)41-25-18-32-12-6-7-13-38(32)46(41)49-44/h3-29H,1-2H3. The minimum atomic E-state index is -0.0720. The summed E-state index contributed by atoms with van der Waals surface area (Å²) >= 11 is 0. The smallest absolute Gasteiger partial charge is 0.143 e. The summed E-state index contributed by atoms with van der Waals surface area (Å²) in [5, 5.41) is 7.11. The van der Waals surface area contributed by atoms with Crippen LogP contribution in [0.1, 0.15) is 25.0 Å². The minimum Gasteiger partial charge on any atom is -0.455 e. The molecule has 0 saturated heterocycles. The van der Waals surface area contributed by atoms with Gasteiger partial charge < -0.3 is 9.32 Å². The van der Waals surface area contributed by atoms with Crippen molar-refractivity contribution < 1.29 is 4.42 Å². The fraction of sp³-hybridized carbons (Fsp3) is 0.0638. The molecule has 0 atom stereocenters. The molecule has 0 unspecified atom stereocenters. The van der Waals surface area contributed by atoms with E-state index >= 15 is 0 Å². The molecule has 1 heterocycles. The molecule has 232 valence electrons. The van der Waals surface area contributed by atoms with Crippen LogP contribution in [0, 0.1) is 0 Å². The molecule has 1 aliphatic rings. The van der Waals surface area contributed by atoms with Crippen molar-refractivity contribution in [2.75, 3.05) is 4.90 Å². The number of furan rings is 1. The lowest BCUT2D eigenvalue weighted by molar-refractivity contribution is 0.666. The maximum atomic E-state index is 6.50. The van der Waals surface area contributed by atoms with Crippen LogP contribution in [0.3, 0.4) is 0 Å². The topological polar surface area (TPSA) is 16.4 Å². The second-order valence-corrected chi connectivity index (χ2v) is 13.8. The molecule has 1 aromatic heterocycles. The average Bonchev–Trinajstić information content (AvgIpc) is 3.64. The molecule has 9 aromatic rings. The Balaban J connectivity index is 1.16. The van der Waals surface area contributed by atoms with Crippen molar-refractivity contribution in [1.82, 2.24) is 0 Å². The van der Waals surface area contributed by atoms with Crippen LogP contribution < -0.4 is 4.90 Å². The lowest BCUT2D eigenvalue weighted by Gasteiger charge is -2.27. The number of fused-ring (bicyclic) bond motifs is 10. The fourth-order valence-corrected chi connectivity index (χ4v) is 8.26. The Morgan fingerprint density at radius 2 is 1.12 bits per heavy atom. The number of nitrogens with zero attached hydrogens (tertiary/aromatic N) is 1. The molecule has 0 radical (unpaired) electrons. The maximum Gasteiger partial charge on any atom is 0.143 e. The van der Waals surface area contributed by atoms with Gasteiger partial charge in [-0.2, -0.15) is 0 Å². The van der Waals surface area contributed by atoms with E-state index in [1.807, 2.05) is 0 Å². The molecule has 49 heavy (non-hydrogen) atoms. The van der Waals surface area contributed by atoms with Gasteiger partial charge in [-0.25, -0.2) is 0 Å². The molecule has 0 fully saturated rings. The molecule has 2 heteroatoms. The first-order valence-corrected chi connectivity index (χ1v) is 17.0. The summed E-state index contributed by atoms with van der Waals surface area (Å²) in [7, 11) is 0. The summed E-state index contributed by atoms with van der Waals surface area (Å²) in [4.78, 5) is 2.38. The molecular weight excluding hydrogens is 595 g/mol. The Morgan fingerprint density at radius 3 is 2.00 bits per heavy atom. The van der Waals surface area contributed by atoms with Crippen LogP contribution in [-0.4, -0.2) is 0 Å². The van der Waals surface area contributed by atoms with Crippen LogP contribution in [0.4, 0.5) is 17.1 Å². The largest absolute Gasteiger partial charge is 0.455 e. The maximum absolute atomic E-state index is 6.50. The van der Waals surface area contributed by atoms with Crippen LogP contribution in [-0.2, 0) is 5.41 Å². The first kappa shape index (κ1) is 27.9. The monoisotopic (exact) mass is 627 g/mol. The zero-order valence-corrected chi connectivity index (χ0v) is 27.4. The van der Waals surface area contributed by atoms with Crippen LogP contribution in [0.5, 0.6) is 0 Å². The van der Waals surface area contributed by atoms with Crippen LogP contribution in [0.15, 0.2) is 168 Å². The molecule has 10 rings (SSSR count). The van der Waals surface area contributed by atoms with Gasteiger partial charge >= 0.3 is 0 Å². The molecule has 0 spiro atoms. The van der Waals surface area contributed by atoms with Crippen molar-refractivity contribution in [3.05, 3.63) is 175 Å². The molecule has 0 amide bonds. The van der Waals surface area contributed by atoms with E-state index in [4.69, 9.17) is 4.42 Å².